The molecule has 0 saturated heterocycles. The smallest absolute Gasteiger partial charge is 0.286 e. The van der Waals surface area contributed by atoms with Crippen LogP contribution in [-0.4, -0.2) is 40.4 Å². The van der Waals surface area contributed by atoms with Crippen LogP contribution >= 0.6 is 0 Å². The molecular weight excluding hydrogens is 278 g/mol. The lowest BCUT2D eigenvalue weighted by atomic mass is 9.97. The van der Waals surface area contributed by atoms with Gasteiger partial charge in [0, 0.05) is 27.9 Å². The zero-order valence-corrected chi connectivity index (χ0v) is 15.6. The van der Waals surface area contributed by atoms with Gasteiger partial charge in [0.05, 0.1) is 5.92 Å². The third kappa shape index (κ3) is 8.47. The summed E-state index contributed by atoms with van der Waals surface area (Å²) < 4.78 is 16.7. The lowest BCUT2D eigenvalue weighted by Gasteiger charge is -2.36. The highest BCUT2D eigenvalue weighted by molar-refractivity contribution is 4.73. The number of rotatable bonds is 16. The van der Waals surface area contributed by atoms with Crippen molar-refractivity contribution in [2.24, 2.45) is 5.92 Å². The molecule has 0 aromatic carbocycles. The largest absolute Gasteiger partial charge is 0.331 e. The van der Waals surface area contributed by atoms with Gasteiger partial charge in [-0.05, 0) is 19.4 Å². The van der Waals surface area contributed by atoms with E-state index in [1.165, 1.54) is 51.4 Å². The van der Waals surface area contributed by atoms with Crippen molar-refractivity contribution >= 4 is 0 Å². The zero-order chi connectivity index (χ0) is 16.7. The van der Waals surface area contributed by atoms with Crippen molar-refractivity contribution in [3.8, 4) is 0 Å². The molecule has 0 aromatic rings. The third-order valence-corrected chi connectivity index (χ3v) is 4.36. The molecule has 0 aliphatic rings. The number of hydrogen-bond donors (Lipinski definition) is 1. The van der Waals surface area contributed by atoms with Crippen LogP contribution in [0.5, 0.6) is 0 Å². The second kappa shape index (κ2) is 14.4. The average molecular weight is 318 g/mol. The Morgan fingerprint density at radius 1 is 0.773 bits per heavy atom. The first-order chi connectivity index (χ1) is 10.7. The van der Waals surface area contributed by atoms with E-state index in [1.807, 2.05) is 0 Å². The normalized spacial score (nSPS) is 13.5. The SMILES string of the molecule is CCCCCCCCC(CNCCCC)C(OC)(OC)OC. The Kier molecular flexibility index (Phi) is 14.3. The molecule has 4 nitrogen and oxygen atoms in total. The van der Waals surface area contributed by atoms with Gasteiger partial charge in [0.1, 0.15) is 0 Å². The molecule has 0 saturated carbocycles. The van der Waals surface area contributed by atoms with Gasteiger partial charge in [0.2, 0.25) is 0 Å². The van der Waals surface area contributed by atoms with Crippen molar-refractivity contribution in [2.75, 3.05) is 34.4 Å². The molecule has 4 heteroatoms. The van der Waals surface area contributed by atoms with Crippen molar-refractivity contribution < 1.29 is 14.2 Å². The lowest BCUT2D eigenvalue weighted by molar-refractivity contribution is -0.378. The Morgan fingerprint density at radius 2 is 1.32 bits per heavy atom. The summed E-state index contributed by atoms with van der Waals surface area (Å²) in [6, 6.07) is 0. The molecule has 0 radical (unpaired) electrons. The highest BCUT2D eigenvalue weighted by Gasteiger charge is 2.39. The molecule has 0 bridgehead atoms. The van der Waals surface area contributed by atoms with Crippen LogP contribution < -0.4 is 5.32 Å². The lowest BCUT2D eigenvalue weighted by Crippen LogP contribution is -2.48. The van der Waals surface area contributed by atoms with E-state index in [9.17, 15) is 0 Å². The van der Waals surface area contributed by atoms with Gasteiger partial charge in [0.25, 0.3) is 5.97 Å². The minimum Gasteiger partial charge on any atom is -0.331 e. The minimum atomic E-state index is -0.928. The highest BCUT2D eigenvalue weighted by Crippen LogP contribution is 2.28. The maximum atomic E-state index is 5.57. The number of hydrogen-bond acceptors (Lipinski definition) is 4. The van der Waals surface area contributed by atoms with Crippen molar-refractivity contribution in [3.63, 3.8) is 0 Å². The molecule has 1 unspecified atom stereocenters. The van der Waals surface area contributed by atoms with Crippen molar-refractivity contribution in [2.45, 2.75) is 77.6 Å². The van der Waals surface area contributed by atoms with E-state index in [4.69, 9.17) is 14.2 Å². The Bertz CT molecular complexity index is 224. The molecule has 0 fully saturated rings. The Labute approximate surface area is 138 Å². The van der Waals surface area contributed by atoms with E-state index in [0.29, 0.717) is 0 Å². The second-order valence-electron chi connectivity index (χ2n) is 6.03. The summed E-state index contributed by atoms with van der Waals surface area (Å²) >= 11 is 0. The van der Waals surface area contributed by atoms with Crippen molar-refractivity contribution in [1.82, 2.24) is 5.32 Å². The van der Waals surface area contributed by atoms with Gasteiger partial charge in [-0.1, -0.05) is 58.8 Å². The molecule has 0 heterocycles. The molecule has 0 spiro atoms. The molecule has 0 amide bonds. The molecule has 1 atom stereocenters. The van der Waals surface area contributed by atoms with E-state index < -0.39 is 5.97 Å². The summed E-state index contributed by atoms with van der Waals surface area (Å²) in [7, 11) is 4.98. The third-order valence-electron chi connectivity index (χ3n) is 4.36. The maximum absolute atomic E-state index is 5.57. The first-order valence-corrected chi connectivity index (χ1v) is 9.06. The quantitative estimate of drug-likeness (QED) is 0.340. The van der Waals surface area contributed by atoms with Crippen LogP contribution in [0.2, 0.25) is 0 Å². The van der Waals surface area contributed by atoms with Crippen LogP contribution in [0.3, 0.4) is 0 Å². The molecule has 0 aliphatic carbocycles. The Morgan fingerprint density at radius 3 is 1.86 bits per heavy atom. The monoisotopic (exact) mass is 317 g/mol. The Balaban J connectivity index is 4.32. The van der Waals surface area contributed by atoms with Crippen LogP contribution in [0.4, 0.5) is 0 Å². The fraction of sp³-hybridized carbons (Fsp3) is 1.00. The van der Waals surface area contributed by atoms with Crippen molar-refractivity contribution in [3.05, 3.63) is 0 Å². The molecule has 22 heavy (non-hydrogen) atoms. The van der Waals surface area contributed by atoms with E-state index in [2.05, 4.69) is 19.2 Å². The van der Waals surface area contributed by atoms with Crippen LogP contribution in [0.25, 0.3) is 0 Å². The van der Waals surface area contributed by atoms with Crippen LogP contribution in [0.15, 0.2) is 0 Å². The Hall–Kier alpha value is -0.160. The fourth-order valence-electron chi connectivity index (χ4n) is 2.90. The van der Waals surface area contributed by atoms with Gasteiger partial charge >= 0.3 is 0 Å². The first kappa shape index (κ1) is 21.8. The van der Waals surface area contributed by atoms with E-state index in [0.717, 1.165) is 19.5 Å². The standard InChI is InChI=1S/C18H39NO3/c1-6-8-10-11-12-13-14-17(16-19-15-9-7-2)18(20-3,21-4)22-5/h17,19H,6-16H2,1-5H3. The average Bonchev–Trinajstić information content (AvgIpc) is 2.55. The van der Waals surface area contributed by atoms with E-state index in [1.54, 1.807) is 21.3 Å². The van der Waals surface area contributed by atoms with Gasteiger partial charge in [0.15, 0.2) is 0 Å². The molecular formula is C18H39NO3. The molecule has 0 rings (SSSR count). The summed E-state index contributed by atoms with van der Waals surface area (Å²) in [5.74, 6) is -0.724. The van der Waals surface area contributed by atoms with Gasteiger partial charge in [-0.3, -0.25) is 0 Å². The van der Waals surface area contributed by atoms with Crippen molar-refractivity contribution in [1.29, 1.82) is 0 Å². The number of ether oxygens (including phenoxy) is 3. The molecule has 1 N–H and O–H groups in total. The van der Waals surface area contributed by atoms with Crippen LogP contribution in [0, 0.1) is 5.92 Å². The second-order valence-corrected chi connectivity index (χ2v) is 6.03. The molecule has 0 aliphatic heterocycles. The highest BCUT2D eigenvalue weighted by atomic mass is 16.9. The van der Waals surface area contributed by atoms with Crippen LogP contribution in [0.1, 0.15) is 71.6 Å². The summed E-state index contributed by atoms with van der Waals surface area (Å²) in [5, 5.41) is 3.52. The zero-order valence-electron chi connectivity index (χ0n) is 15.6. The van der Waals surface area contributed by atoms with Gasteiger partial charge in [-0.25, -0.2) is 0 Å². The topological polar surface area (TPSA) is 39.7 Å². The minimum absolute atomic E-state index is 0.204. The maximum Gasteiger partial charge on any atom is 0.286 e. The number of unbranched alkanes of at least 4 members (excludes halogenated alkanes) is 6. The van der Waals surface area contributed by atoms with Crippen LogP contribution in [-0.2, 0) is 14.2 Å². The van der Waals surface area contributed by atoms with Gasteiger partial charge < -0.3 is 19.5 Å². The van der Waals surface area contributed by atoms with Gasteiger partial charge in [-0.15, -0.1) is 0 Å². The summed E-state index contributed by atoms with van der Waals surface area (Å²) in [5.41, 5.74) is 0. The summed E-state index contributed by atoms with van der Waals surface area (Å²) in [6.45, 7) is 6.36. The number of methoxy groups -OCH3 is 3. The molecule has 0 aromatic heterocycles. The van der Waals surface area contributed by atoms with E-state index in [-0.39, 0.29) is 5.92 Å². The number of nitrogens with one attached hydrogen (secondary N) is 1. The first-order valence-electron chi connectivity index (χ1n) is 9.06. The summed E-state index contributed by atoms with van der Waals surface area (Å²) in [6.07, 6.45) is 11.2. The van der Waals surface area contributed by atoms with Gasteiger partial charge in [-0.2, -0.15) is 0 Å². The molecule has 134 valence electrons. The van der Waals surface area contributed by atoms with E-state index >= 15 is 0 Å². The fourth-order valence-corrected chi connectivity index (χ4v) is 2.90. The predicted molar refractivity (Wildman–Crippen MR) is 93.0 cm³/mol. The summed E-state index contributed by atoms with van der Waals surface area (Å²) in [4.78, 5) is 0. The predicted octanol–water partition coefficient (Wildman–Crippen LogP) is 4.34.